The number of aromatic nitrogens is 3. The number of anilines is 1. The number of hydrogen-bond donors (Lipinski definition) is 3. The van der Waals surface area contributed by atoms with Gasteiger partial charge in [0.1, 0.15) is 61.3 Å². The van der Waals surface area contributed by atoms with Crippen LogP contribution >= 0.6 is 39.0 Å². The highest BCUT2D eigenvalue weighted by molar-refractivity contribution is 9.11. The van der Waals surface area contributed by atoms with Gasteiger partial charge in [0.05, 0.1) is 7.11 Å². The van der Waals surface area contributed by atoms with Crippen molar-refractivity contribution in [1.29, 1.82) is 0 Å². The standard InChI is InChI=1S/C41H49BrN8O8S2.C5H10O2/c1-40(2,3)57-39(54)46-38-45-29(33(42)60-38)30(47-58-41(4,5)6)34(51)44-31-35(52)50-32(37(53)56-22-24-12-14-26(55-8)15-13-24)25(23-59-36(31)50)21-49-18-9-11-27-28(49)16-20-48(27)19-10-17-43-7;1-5(2,3)7-4-6/h9,11-16,18,20,31,36,43H,10,17,19,21-23H2,1-8H3,(H-,44,45,46,51,54);4H,1-3H3/p+1/b47-30+;. The monoisotopic (exact) mass is 1030 g/mol. The lowest BCUT2D eigenvalue weighted by Crippen LogP contribution is -2.71. The van der Waals surface area contributed by atoms with Gasteiger partial charge in [-0.2, -0.15) is 4.57 Å². The van der Waals surface area contributed by atoms with E-state index in [1.54, 1.807) is 72.9 Å². The van der Waals surface area contributed by atoms with Crippen molar-refractivity contribution in [2.24, 2.45) is 5.16 Å². The minimum Gasteiger partial charge on any atom is -0.497 e. The van der Waals surface area contributed by atoms with Crippen molar-refractivity contribution in [2.45, 2.75) is 117 Å². The van der Waals surface area contributed by atoms with Crippen LogP contribution in [0.3, 0.4) is 0 Å². The predicted octanol–water partition coefficient (Wildman–Crippen LogP) is 6.69. The fourth-order valence-corrected chi connectivity index (χ4v) is 9.29. The lowest BCUT2D eigenvalue weighted by atomic mass is 10.0. The summed E-state index contributed by atoms with van der Waals surface area (Å²) in [5.41, 5.74) is 1.63. The number of amides is 3. The van der Waals surface area contributed by atoms with Gasteiger partial charge in [-0.25, -0.2) is 14.6 Å². The number of carbonyl (C=O) groups excluding carboxylic acids is 5. The van der Waals surface area contributed by atoms with Crippen molar-refractivity contribution >= 4 is 91.3 Å². The van der Waals surface area contributed by atoms with Crippen LogP contribution in [0.1, 0.15) is 80.0 Å². The number of nitrogens with zero attached hydrogens (tertiary/aromatic N) is 5. The van der Waals surface area contributed by atoms with E-state index in [2.05, 4.69) is 74.2 Å². The Balaban J connectivity index is 0.00000111. The molecule has 21 heteroatoms. The molecule has 5 heterocycles. The lowest BCUT2D eigenvalue weighted by molar-refractivity contribution is -0.663. The van der Waals surface area contributed by atoms with Crippen molar-refractivity contribution in [1.82, 2.24) is 25.1 Å². The van der Waals surface area contributed by atoms with Crippen molar-refractivity contribution in [3.05, 3.63) is 81.2 Å². The number of hydrogen-bond acceptors (Lipinski definition) is 15. The molecule has 3 amide bonds. The molecule has 2 aliphatic rings. The highest BCUT2D eigenvalue weighted by atomic mass is 79.9. The molecule has 3 N–H and O–H groups in total. The van der Waals surface area contributed by atoms with Crippen molar-refractivity contribution in [2.75, 3.05) is 31.8 Å². The number of thioether (sulfide) groups is 1. The molecule has 1 saturated heterocycles. The van der Waals surface area contributed by atoms with E-state index in [4.69, 9.17) is 19.0 Å². The third-order valence-corrected chi connectivity index (χ3v) is 12.5. The number of rotatable bonds is 16. The van der Waals surface area contributed by atoms with Crippen LogP contribution in [0.5, 0.6) is 5.75 Å². The molecule has 0 spiro atoms. The SMILES string of the molecule is CC(C)(C)OC=O.CNCCCn1ccc2c1ccc[n+]2CC1=C(C(=O)OCc2ccc(OC)cc2)N2C(=O)C(NC(=O)/C(=N/OC(C)(C)C)c3nc(NC(=O)OC(C)(C)C)sc3Br)C2SC1. The quantitative estimate of drug-likeness (QED) is 0.0157. The average molecular weight is 1030 g/mol. The fourth-order valence-electron chi connectivity index (χ4n) is 6.53. The summed E-state index contributed by atoms with van der Waals surface area (Å²) in [6, 6.07) is 12.2. The molecule has 1 aromatic carbocycles. The molecule has 0 bridgehead atoms. The summed E-state index contributed by atoms with van der Waals surface area (Å²) in [6.45, 7) is 18.4. The number of nitrogens with one attached hydrogen (secondary N) is 3. The van der Waals surface area contributed by atoms with E-state index < -0.39 is 46.5 Å². The van der Waals surface area contributed by atoms with E-state index in [9.17, 15) is 24.0 Å². The van der Waals surface area contributed by atoms with Crippen molar-refractivity contribution in [3.63, 3.8) is 0 Å². The molecule has 2 atom stereocenters. The Hall–Kier alpha value is -5.51. The first-order chi connectivity index (χ1) is 31.5. The van der Waals surface area contributed by atoms with E-state index in [1.165, 1.54) is 16.7 Å². The van der Waals surface area contributed by atoms with Crippen LogP contribution in [0, 0.1) is 0 Å². The molecule has 0 aliphatic carbocycles. The minimum atomic E-state index is -1.02. The number of benzene rings is 1. The highest BCUT2D eigenvalue weighted by Crippen LogP contribution is 2.41. The first-order valence-electron chi connectivity index (χ1n) is 21.5. The Morgan fingerprint density at radius 3 is 2.34 bits per heavy atom. The van der Waals surface area contributed by atoms with E-state index in [0.29, 0.717) is 33.9 Å². The van der Waals surface area contributed by atoms with Gasteiger partial charge in [0, 0.05) is 36.2 Å². The first-order valence-corrected chi connectivity index (χ1v) is 24.1. The van der Waals surface area contributed by atoms with Crippen LogP contribution in [0.15, 0.2) is 75.1 Å². The second-order valence-corrected chi connectivity index (χ2v) is 21.8. The maximum atomic E-state index is 14.2. The summed E-state index contributed by atoms with van der Waals surface area (Å²) in [7, 11) is 3.51. The van der Waals surface area contributed by atoms with Crippen LogP contribution in [0.4, 0.5) is 9.93 Å². The number of pyridine rings is 1. The second-order valence-electron chi connectivity index (χ2n) is 18.3. The van der Waals surface area contributed by atoms with Crippen molar-refractivity contribution in [3.8, 4) is 5.75 Å². The summed E-state index contributed by atoms with van der Waals surface area (Å²) < 4.78 is 25.7. The van der Waals surface area contributed by atoms with Gasteiger partial charge in [-0.3, -0.25) is 24.6 Å². The van der Waals surface area contributed by atoms with Crippen LogP contribution in [-0.2, 0) is 57.9 Å². The molecule has 18 nitrogen and oxygen atoms in total. The molecule has 362 valence electrons. The zero-order chi connectivity index (χ0) is 49.3. The number of halogens is 1. The van der Waals surface area contributed by atoms with E-state index in [-0.39, 0.29) is 34.4 Å². The van der Waals surface area contributed by atoms with E-state index in [0.717, 1.165) is 47.4 Å². The highest BCUT2D eigenvalue weighted by Gasteiger charge is 2.55. The molecule has 4 aromatic rings. The van der Waals surface area contributed by atoms with Gasteiger partial charge in [0.25, 0.3) is 18.3 Å². The summed E-state index contributed by atoms with van der Waals surface area (Å²) in [6.07, 6.45) is 4.25. The third kappa shape index (κ3) is 14.5. The number of methoxy groups -OCH3 is 1. The molecule has 1 fully saturated rings. The van der Waals surface area contributed by atoms with Gasteiger partial charge < -0.3 is 39.0 Å². The predicted molar refractivity (Wildman–Crippen MR) is 259 cm³/mol. The molecule has 2 unspecified atom stereocenters. The van der Waals surface area contributed by atoms with Crippen LogP contribution < -0.4 is 25.3 Å². The number of esters is 1. The number of carbonyl (C=O) groups is 5. The van der Waals surface area contributed by atoms with Crippen LogP contribution in [0.25, 0.3) is 11.0 Å². The Morgan fingerprint density at radius 2 is 1.73 bits per heavy atom. The summed E-state index contributed by atoms with van der Waals surface area (Å²) >= 11 is 5.93. The minimum absolute atomic E-state index is 0.0291. The largest absolute Gasteiger partial charge is 0.497 e. The summed E-state index contributed by atoms with van der Waals surface area (Å²) in [5.74, 6) is -0.840. The third-order valence-electron chi connectivity index (χ3n) is 9.50. The Kier molecular flexibility index (Phi) is 17.6. The second kappa shape index (κ2) is 22.5. The average Bonchev–Trinajstić information content (AvgIpc) is 3.83. The number of thiazole rings is 1. The zero-order valence-corrected chi connectivity index (χ0v) is 42.9. The maximum Gasteiger partial charge on any atom is 0.413 e. The molecule has 6 rings (SSSR count). The van der Waals surface area contributed by atoms with Crippen molar-refractivity contribution < 1.29 is 52.3 Å². The van der Waals surface area contributed by atoms with Gasteiger partial charge >= 0.3 is 12.1 Å². The summed E-state index contributed by atoms with van der Waals surface area (Å²) in [4.78, 5) is 76.1. The van der Waals surface area contributed by atoms with Crippen LogP contribution in [-0.4, -0.2) is 105 Å². The fraction of sp³-hybridized carbons (Fsp3) is 0.478. The van der Waals surface area contributed by atoms with Gasteiger partial charge in [0.15, 0.2) is 23.6 Å². The Morgan fingerprint density at radius 1 is 1.01 bits per heavy atom. The maximum absolute atomic E-state index is 14.2. The smallest absolute Gasteiger partial charge is 0.413 e. The number of β-lactam (4-membered cyclic amide) rings is 1. The normalized spacial score (nSPS) is 16.3. The zero-order valence-electron chi connectivity index (χ0n) is 39.7. The number of ether oxygens (including phenoxy) is 4. The lowest BCUT2D eigenvalue weighted by Gasteiger charge is -2.49. The Labute approximate surface area is 407 Å². The topological polar surface area (TPSA) is 205 Å². The van der Waals surface area contributed by atoms with Gasteiger partial charge in [-0.05, 0) is 122 Å². The molecular weight excluding hydrogens is 969 g/mol. The molecule has 3 aromatic heterocycles. The van der Waals surface area contributed by atoms with Gasteiger partial charge in [0.2, 0.25) is 5.52 Å². The summed E-state index contributed by atoms with van der Waals surface area (Å²) in [5, 5.41) is 12.3. The van der Waals surface area contributed by atoms with Gasteiger partial charge in [-0.1, -0.05) is 28.6 Å². The number of aryl methyl sites for hydroxylation is 1. The molecule has 0 radical (unpaired) electrons. The number of oxime groups is 1. The molecular formula is C46H60BrN8O10S2+. The van der Waals surface area contributed by atoms with E-state index in [1.807, 2.05) is 40.1 Å². The van der Waals surface area contributed by atoms with Gasteiger partial charge in [-0.15, -0.1) is 11.8 Å². The number of fused-ring (bicyclic) bond motifs is 2. The first kappa shape index (κ1) is 52.5. The molecule has 67 heavy (non-hydrogen) atoms. The van der Waals surface area contributed by atoms with Crippen LogP contribution in [0.2, 0.25) is 0 Å². The molecule has 0 saturated carbocycles. The Bertz CT molecular complexity index is 2490. The van der Waals surface area contributed by atoms with E-state index >= 15 is 0 Å². The molecule has 2 aliphatic heterocycles.